The summed E-state index contributed by atoms with van der Waals surface area (Å²) in [6.07, 6.45) is 3.34. The second kappa shape index (κ2) is 3.46. The van der Waals surface area contributed by atoms with Crippen molar-refractivity contribution in [1.82, 2.24) is 0 Å². The molecule has 2 bridgehead atoms. The summed E-state index contributed by atoms with van der Waals surface area (Å²) in [4.78, 5) is 24.9. The van der Waals surface area contributed by atoms with E-state index in [1.54, 1.807) is 0 Å². The number of carbonyl (C=O) groups is 2. The molecule has 0 aromatic carbocycles. The smallest absolute Gasteiger partial charge is 0.144 e. The fourth-order valence-corrected chi connectivity index (χ4v) is 3.94. The fourth-order valence-electron chi connectivity index (χ4n) is 3.94. The lowest BCUT2D eigenvalue weighted by atomic mass is 9.30. The first-order chi connectivity index (χ1) is 7.99. The molecule has 0 aliphatic heterocycles. The van der Waals surface area contributed by atoms with E-state index in [4.69, 9.17) is 0 Å². The highest BCUT2D eigenvalue weighted by molar-refractivity contribution is 6.01. The molecular weight excluding hydrogens is 224 g/mol. The van der Waals surface area contributed by atoms with Crippen molar-refractivity contribution in [1.29, 1.82) is 0 Å². The standard InChI is InChI=1S/C16H26O2/c1-7-14(5,6)12(18)16-8-15(9-16,10-16)11(17)13(2,3)4/h7-10H2,1-6H3. The Morgan fingerprint density at radius 1 is 0.889 bits per heavy atom. The molecule has 0 amide bonds. The number of hydrogen-bond acceptors (Lipinski definition) is 2. The molecule has 0 spiro atoms. The van der Waals surface area contributed by atoms with Gasteiger partial charge in [-0.1, -0.05) is 41.5 Å². The van der Waals surface area contributed by atoms with Gasteiger partial charge in [0.25, 0.3) is 0 Å². The van der Waals surface area contributed by atoms with Gasteiger partial charge in [0.05, 0.1) is 0 Å². The Kier molecular flexibility index (Phi) is 2.65. The zero-order valence-electron chi connectivity index (χ0n) is 12.6. The predicted octanol–water partition coefficient (Wildman–Crippen LogP) is 3.78. The molecular formula is C16H26O2. The number of rotatable bonds is 4. The van der Waals surface area contributed by atoms with Gasteiger partial charge in [0.1, 0.15) is 11.6 Å². The maximum atomic E-state index is 12.5. The molecule has 0 aromatic heterocycles. The van der Waals surface area contributed by atoms with Gasteiger partial charge in [-0.15, -0.1) is 0 Å². The first kappa shape index (κ1) is 13.8. The van der Waals surface area contributed by atoms with E-state index in [1.807, 2.05) is 34.6 Å². The van der Waals surface area contributed by atoms with E-state index in [2.05, 4.69) is 6.92 Å². The Hall–Kier alpha value is -0.660. The molecule has 3 saturated carbocycles. The van der Waals surface area contributed by atoms with E-state index in [1.165, 1.54) is 0 Å². The lowest BCUT2D eigenvalue weighted by Gasteiger charge is -2.70. The van der Waals surface area contributed by atoms with E-state index in [0.717, 1.165) is 25.7 Å². The lowest BCUT2D eigenvalue weighted by molar-refractivity contribution is -0.216. The fraction of sp³-hybridized carbons (Fsp3) is 0.875. The van der Waals surface area contributed by atoms with Gasteiger partial charge < -0.3 is 0 Å². The molecule has 2 nitrogen and oxygen atoms in total. The summed E-state index contributed by atoms with van der Waals surface area (Å²) < 4.78 is 0. The molecule has 3 aliphatic rings. The molecule has 18 heavy (non-hydrogen) atoms. The summed E-state index contributed by atoms with van der Waals surface area (Å²) in [6.45, 7) is 12.1. The number of Topliss-reactive ketones (excluding diaryl/α,β-unsaturated/α-hetero) is 2. The number of ketones is 2. The molecule has 0 atom stereocenters. The van der Waals surface area contributed by atoms with Crippen LogP contribution < -0.4 is 0 Å². The zero-order valence-corrected chi connectivity index (χ0v) is 12.6. The largest absolute Gasteiger partial charge is 0.298 e. The lowest BCUT2D eigenvalue weighted by Crippen LogP contribution is -2.71. The van der Waals surface area contributed by atoms with Crippen molar-refractivity contribution in [3.05, 3.63) is 0 Å². The number of carbonyl (C=O) groups excluding carboxylic acids is 2. The van der Waals surface area contributed by atoms with Gasteiger partial charge in [0.15, 0.2) is 0 Å². The normalized spacial score (nSPS) is 34.6. The van der Waals surface area contributed by atoms with Crippen molar-refractivity contribution in [2.75, 3.05) is 0 Å². The third kappa shape index (κ3) is 1.60. The molecule has 102 valence electrons. The van der Waals surface area contributed by atoms with Crippen molar-refractivity contribution in [3.63, 3.8) is 0 Å². The van der Waals surface area contributed by atoms with E-state index in [9.17, 15) is 9.59 Å². The average Bonchev–Trinajstić information content (AvgIpc) is 2.11. The molecule has 0 heterocycles. The summed E-state index contributed by atoms with van der Waals surface area (Å²) in [5.74, 6) is 0.750. The van der Waals surface area contributed by atoms with E-state index in [-0.39, 0.29) is 21.7 Å². The van der Waals surface area contributed by atoms with Crippen LogP contribution in [0.4, 0.5) is 0 Å². The summed E-state index contributed by atoms with van der Waals surface area (Å²) in [5, 5.41) is 0. The Morgan fingerprint density at radius 3 is 1.61 bits per heavy atom. The SMILES string of the molecule is CCC(C)(C)C(=O)C12CC(C(=O)C(C)(C)C)(C1)C2. The van der Waals surface area contributed by atoms with Gasteiger partial charge in [-0.05, 0) is 25.7 Å². The quantitative estimate of drug-likeness (QED) is 0.761. The monoisotopic (exact) mass is 250 g/mol. The molecule has 0 radical (unpaired) electrons. The van der Waals surface area contributed by atoms with Crippen molar-refractivity contribution < 1.29 is 9.59 Å². The summed E-state index contributed by atoms with van der Waals surface area (Å²) in [5.41, 5.74) is -0.772. The first-order valence-corrected chi connectivity index (χ1v) is 7.09. The minimum Gasteiger partial charge on any atom is -0.298 e. The maximum absolute atomic E-state index is 12.5. The van der Waals surface area contributed by atoms with E-state index >= 15 is 0 Å². The minimum absolute atomic E-state index is 0.138. The minimum atomic E-state index is -0.268. The average molecular weight is 250 g/mol. The topological polar surface area (TPSA) is 34.1 Å². The Labute approximate surface area is 111 Å². The third-order valence-electron chi connectivity index (χ3n) is 5.17. The molecule has 3 aliphatic carbocycles. The van der Waals surface area contributed by atoms with E-state index in [0.29, 0.717) is 11.6 Å². The van der Waals surface area contributed by atoms with Gasteiger partial charge in [-0.3, -0.25) is 9.59 Å². The second-order valence-electron chi connectivity index (χ2n) is 8.24. The molecule has 0 saturated heterocycles. The van der Waals surface area contributed by atoms with Crippen LogP contribution in [0.25, 0.3) is 0 Å². The summed E-state index contributed by atoms with van der Waals surface area (Å²) in [6, 6.07) is 0. The molecule has 0 unspecified atom stereocenters. The molecule has 2 heteroatoms. The highest BCUT2D eigenvalue weighted by atomic mass is 16.1. The van der Waals surface area contributed by atoms with Crippen molar-refractivity contribution in [2.45, 2.75) is 67.2 Å². The van der Waals surface area contributed by atoms with Crippen molar-refractivity contribution in [2.24, 2.45) is 21.7 Å². The highest BCUT2D eigenvalue weighted by Gasteiger charge is 2.75. The number of hydrogen-bond donors (Lipinski definition) is 0. The maximum Gasteiger partial charge on any atom is 0.144 e. The van der Waals surface area contributed by atoms with Crippen LogP contribution in [0.15, 0.2) is 0 Å². The molecule has 3 rings (SSSR count). The van der Waals surface area contributed by atoms with Gasteiger partial charge in [-0.25, -0.2) is 0 Å². The Morgan fingerprint density at radius 2 is 1.28 bits per heavy atom. The van der Waals surface area contributed by atoms with E-state index < -0.39 is 0 Å². The van der Waals surface area contributed by atoms with Gasteiger partial charge in [0.2, 0.25) is 0 Å². The van der Waals surface area contributed by atoms with Crippen LogP contribution in [0.5, 0.6) is 0 Å². The van der Waals surface area contributed by atoms with Crippen molar-refractivity contribution in [3.8, 4) is 0 Å². The molecule has 0 aromatic rings. The Balaban J connectivity index is 2.07. The Bertz CT molecular complexity index is 390. The van der Waals surface area contributed by atoms with Crippen LogP contribution in [0.1, 0.15) is 67.2 Å². The summed E-state index contributed by atoms with van der Waals surface area (Å²) in [7, 11) is 0. The van der Waals surface area contributed by atoms with Crippen LogP contribution in [0.2, 0.25) is 0 Å². The second-order valence-corrected chi connectivity index (χ2v) is 8.24. The van der Waals surface area contributed by atoms with Gasteiger partial charge in [-0.2, -0.15) is 0 Å². The molecule has 0 N–H and O–H groups in total. The van der Waals surface area contributed by atoms with Crippen LogP contribution in [-0.2, 0) is 9.59 Å². The first-order valence-electron chi connectivity index (χ1n) is 7.09. The molecule has 3 fully saturated rings. The van der Waals surface area contributed by atoms with Gasteiger partial charge in [0, 0.05) is 21.7 Å². The van der Waals surface area contributed by atoms with Crippen LogP contribution in [-0.4, -0.2) is 11.6 Å². The van der Waals surface area contributed by atoms with Crippen LogP contribution in [0, 0.1) is 21.7 Å². The van der Waals surface area contributed by atoms with Gasteiger partial charge >= 0.3 is 0 Å². The summed E-state index contributed by atoms with van der Waals surface area (Å²) >= 11 is 0. The van der Waals surface area contributed by atoms with Crippen LogP contribution in [0.3, 0.4) is 0 Å². The van der Waals surface area contributed by atoms with Crippen LogP contribution >= 0.6 is 0 Å². The highest BCUT2D eigenvalue weighted by Crippen LogP contribution is 2.76. The van der Waals surface area contributed by atoms with Crippen molar-refractivity contribution >= 4 is 11.6 Å². The third-order valence-corrected chi connectivity index (χ3v) is 5.17. The zero-order chi connectivity index (χ0) is 14.0. The predicted molar refractivity (Wildman–Crippen MR) is 72.3 cm³/mol.